The van der Waals surface area contributed by atoms with Crippen molar-refractivity contribution in [3.05, 3.63) is 0 Å². The quantitative estimate of drug-likeness (QED) is 0.639. The van der Waals surface area contributed by atoms with Gasteiger partial charge in [0.05, 0.1) is 12.2 Å². The third-order valence-electron chi connectivity index (χ3n) is 2.06. The average Bonchev–Trinajstić information content (AvgIpc) is 2.37. The molecule has 1 fully saturated rings. The maximum atomic E-state index is 8.47. The van der Waals surface area contributed by atoms with E-state index in [-0.39, 0.29) is 18.2 Å². The summed E-state index contributed by atoms with van der Waals surface area (Å²) in [5.74, 6) is 0. The summed E-state index contributed by atoms with van der Waals surface area (Å²) in [6.45, 7) is 1.76. The van der Waals surface area contributed by atoms with Crippen LogP contribution in [0.25, 0.3) is 0 Å². The second kappa shape index (κ2) is 3.70. The third kappa shape index (κ3) is 2.18. The van der Waals surface area contributed by atoms with Crippen molar-refractivity contribution in [1.82, 2.24) is 0 Å². The summed E-state index contributed by atoms with van der Waals surface area (Å²) in [7, 11) is 0. The van der Waals surface area contributed by atoms with E-state index in [1.807, 2.05) is 6.07 Å². The Hall–Kier alpha value is -0.590. The number of nitrogens with two attached hydrogens (primary N) is 1. The first-order chi connectivity index (χ1) is 5.24. The van der Waals surface area contributed by atoms with Crippen LogP contribution in [0.4, 0.5) is 0 Å². The fourth-order valence-electron chi connectivity index (χ4n) is 1.42. The zero-order chi connectivity index (χ0) is 8.27. The lowest BCUT2D eigenvalue weighted by Crippen LogP contribution is -2.33. The number of ether oxygens (including phenoxy) is 1. The molecule has 1 saturated carbocycles. The molecule has 0 bridgehead atoms. The molecular formula is C8H14N2O. The zero-order valence-electron chi connectivity index (χ0n) is 6.79. The zero-order valence-corrected chi connectivity index (χ0v) is 6.79. The van der Waals surface area contributed by atoms with E-state index < -0.39 is 0 Å². The van der Waals surface area contributed by atoms with Gasteiger partial charge >= 0.3 is 0 Å². The first-order valence-corrected chi connectivity index (χ1v) is 4.04. The summed E-state index contributed by atoms with van der Waals surface area (Å²) < 4.78 is 5.39. The summed E-state index contributed by atoms with van der Waals surface area (Å²) in [6, 6.07) is 2.18. The minimum atomic E-state index is -0.316. The van der Waals surface area contributed by atoms with Crippen LogP contribution in [0.5, 0.6) is 0 Å². The van der Waals surface area contributed by atoms with Crippen molar-refractivity contribution in [3.8, 4) is 6.07 Å². The highest BCUT2D eigenvalue weighted by molar-refractivity contribution is 4.86. The molecule has 0 aromatic carbocycles. The van der Waals surface area contributed by atoms with E-state index in [0.29, 0.717) is 0 Å². The summed E-state index contributed by atoms with van der Waals surface area (Å²) in [6.07, 6.45) is 2.97. The Balaban J connectivity index is 2.32. The highest BCUT2D eigenvalue weighted by Crippen LogP contribution is 2.21. The largest absolute Gasteiger partial charge is 0.359 e. The lowest BCUT2D eigenvalue weighted by molar-refractivity contribution is 0.0221. The van der Waals surface area contributed by atoms with Gasteiger partial charge in [-0.1, -0.05) is 0 Å². The van der Waals surface area contributed by atoms with Crippen LogP contribution in [0.15, 0.2) is 0 Å². The lowest BCUT2D eigenvalue weighted by Gasteiger charge is -2.17. The van der Waals surface area contributed by atoms with Gasteiger partial charge in [-0.05, 0) is 26.2 Å². The van der Waals surface area contributed by atoms with Crippen molar-refractivity contribution >= 4 is 0 Å². The predicted molar refractivity (Wildman–Crippen MR) is 41.8 cm³/mol. The molecule has 0 aromatic heterocycles. The number of hydrogen-bond acceptors (Lipinski definition) is 3. The summed E-state index contributed by atoms with van der Waals surface area (Å²) >= 11 is 0. The van der Waals surface area contributed by atoms with Gasteiger partial charge in [-0.3, -0.25) is 0 Å². The van der Waals surface area contributed by atoms with E-state index in [9.17, 15) is 0 Å². The summed E-state index contributed by atoms with van der Waals surface area (Å²) in [5, 5.41) is 8.47. The van der Waals surface area contributed by atoms with Crippen LogP contribution in [0.2, 0.25) is 0 Å². The molecule has 1 rings (SSSR count). The second-order valence-electron chi connectivity index (χ2n) is 3.04. The molecule has 1 aliphatic rings. The topological polar surface area (TPSA) is 59.0 Å². The van der Waals surface area contributed by atoms with Crippen molar-refractivity contribution in [2.75, 3.05) is 0 Å². The molecule has 3 nitrogen and oxygen atoms in total. The molecule has 0 radical (unpaired) electrons. The van der Waals surface area contributed by atoms with Crippen molar-refractivity contribution in [2.24, 2.45) is 5.73 Å². The Labute approximate surface area is 67.1 Å². The molecule has 0 spiro atoms. The number of nitrogens with zero attached hydrogens (tertiary/aromatic N) is 1. The molecule has 62 valence electrons. The van der Waals surface area contributed by atoms with E-state index in [1.54, 1.807) is 6.92 Å². The van der Waals surface area contributed by atoms with E-state index in [4.69, 9.17) is 15.7 Å². The van der Waals surface area contributed by atoms with Crippen molar-refractivity contribution < 1.29 is 4.74 Å². The molecule has 11 heavy (non-hydrogen) atoms. The van der Waals surface area contributed by atoms with Gasteiger partial charge in [-0.15, -0.1) is 0 Å². The highest BCUT2D eigenvalue weighted by Gasteiger charge is 2.25. The fraction of sp³-hybridized carbons (Fsp3) is 0.875. The predicted octanol–water partition coefficient (Wildman–Crippen LogP) is 0.795. The van der Waals surface area contributed by atoms with Gasteiger partial charge in [0.25, 0.3) is 0 Å². The standard InChI is InChI=1S/C8H14N2O/c1-6(5-9)11-8-4-2-3-7(8)10/h6-8H,2-4,10H2,1H3. The SMILES string of the molecule is CC(C#N)OC1CCCC1N. The molecule has 0 amide bonds. The van der Waals surface area contributed by atoms with Crippen molar-refractivity contribution in [2.45, 2.75) is 44.4 Å². The van der Waals surface area contributed by atoms with Crippen LogP contribution in [0.1, 0.15) is 26.2 Å². The van der Waals surface area contributed by atoms with Gasteiger partial charge in [-0.2, -0.15) is 5.26 Å². The van der Waals surface area contributed by atoms with Crippen LogP contribution in [-0.4, -0.2) is 18.2 Å². The number of hydrogen-bond donors (Lipinski definition) is 1. The fourth-order valence-corrected chi connectivity index (χ4v) is 1.42. The molecule has 0 aromatic rings. The normalized spacial score (nSPS) is 33.2. The highest BCUT2D eigenvalue weighted by atomic mass is 16.5. The van der Waals surface area contributed by atoms with Crippen LogP contribution in [-0.2, 0) is 4.74 Å². The van der Waals surface area contributed by atoms with E-state index >= 15 is 0 Å². The van der Waals surface area contributed by atoms with E-state index in [2.05, 4.69) is 0 Å². The van der Waals surface area contributed by atoms with Crippen LogP contribution in [0, 0.1) is 11.3 Å². The molecule has 2 N–H and O–H groups in total. The maximum absolute atomic E-state index is 8.47. The first kappa shape index (κ1) is 8.51. The van der Waals surface area contributed by atoms with E-state index in [0.717, 1.165) is 19.3 Å². The average molecular weight is 154 g/mol. The summed E-state index contributed by atoms with van der Waals surface area (Å²) in [4.78, 5) is 0. The van der Waals surface area contributed by atoms with Gasteiger partial charge in [0.1, 0.15) is 6.10 Å². The first-order valence-electron chi connectivity index (χ1n) is 4.04. The van der Waals surface area contributed by atoms with Crippen molar-refractivity contribution in [3.63, 3.8) is 0 Å². The molecule has 3 atom stereocenters. The Morgan fingerprint density at radius 3 is 2.82 bits per heavy atom. The Bertz CT molecular complexity index is 164. The minimum absolute atomic E-state index is 0.115. The van der Waals surface area contributed by atoms with Crippen LogP contribution in [0.3, 0.4) is 0 Å². The second-order valence-corrected chi connectivity index (χ2v) is 3.04. The monoisotopic (exact) mass is 154 g/mol. The summed E-state index contributed by atoms with van der Waals surface area (Å²) in [5.41, 5.74) is 5.75. The van der Waals surface area contributed by atoms with Gasteiger partial charge in [0, 0.05) is 6.04 Å². The van der Waals surface area contributed by atoms with E-state index in [1.165, 1.54) is 0 Å². The van der Waals surface area contributed by atoms with Gasteiger partial charge in [0.15, 0.2) is 0 Å². The molecule has 3 heteroatoms. The lowest BCUT2D eigenvalue weighted by atomic mass is 10.2. The maximum Gasteiger partial charge on any atom is 0.141 e. The molecule has 0 saturated heterocycles. The van der Waals surface area contributed by atoms with Gasteiger partial charge < -0.3 is 10.5 Å². The smallest absolute Gasteiger partial charge is 0.141 e. The Morgan fingerprint density at radius 2 is 2.36 bits per heavy atom. The number of nitriles is 1. The molecule has 1 aliphatic carbocycles. The molecule has 0 aliphatic heterocycles. The van der Waals surface area contributed by atoms with Gasteiger partial charge in [0.2, 0.25) is 0 Å². The van der Waals surface area contributed by atoms with Gasteiger partial charge in [-0.25, -0.2) is 0 Å². The molecular weight excluding hydrogens is 140 g/mol. The Kier molecular flexibility index (Phi) is 2.86. The third-order valence-corrected chi connectivity index (χ3v) is 2.06. The number of rotatable bonds is 2. The van der Waals surface area contributed by atoms with Crippen molar-refractivity contribution in [1.29, 1.82) is 5.26 Å². The minimum Gasteiger partial charge on any atom is -0.359 e. The van der Waals surface area contributed by atoms with Crippen LogP contribution >= 0.6 is 0 Å². The molecule has 3 unspecified atom stereocenters. The molecule has 0 heterocycles. The Morgan fingerprint density at radius 1 is 1.64 bits per heavy atom. The van der Waals surface area contributed by atoms with Crippen LogP contribution < -0.4 is 5.73 Å².